The number of hydrogen-bond acceptors (Lipinski definition) is 3. The van der Waals surface area contributed by atoms with E-state index < -0.39 is 53.5 Å². The van der Waals surface area contributed by atoms with Crippen molar-refractivity contribution in [1.82, 2.24) is 0 Å². The lowest BCUT2D eigenvalue weighted by molar-refractivity contribution is -0.446. The molecule has 12 heteroatoms. The van der Waals surface area contributed by atoms with Crippen LogP contribution in [0.2, 0.25) is 0 Å². The summed E-state index contributed by atoms with van der Waals surface area (Å²) in [7, 11) is 0. The van der Waals surface area contributed by atoms with Gasteiger partial charge >= 0.3 is 35.3 Å². The Hall–Kier alpha value is -0.750. The van der Waals surface area contributed by atoms with Crippen LogP contribution in [-0.2, 0) is 14.2 Å². The molecule has 6 unspecified atom stereocenters. The van der Waals surface area contributed by atoms with Gasteiger partial charge in [-0.25, -0.2) is 0 Å². The van der Waals surface area contributed by atoms with Crippen LogP contribution in [0.4, 0.5) is 39.5 Å². The van der Waals surface area contributed by atoms with Gasteiger partial charge in [-0.15, -0.1) is 0 Å². The highest BCUT2D eigenvalue weighted by atomic mass is 19.4. The first-order valence-electron chi connectivity index (χ1n) is 7.82. The number of epoxide rings is 2. The molecule has 2 saturated heterocycles. The molecule has 0 radical (unpaired) electrons. The molecule has 0 aromatic rings. The van der Waals surface area contributed by atoms with E-state index in [1.807, 2.05) is 0 Å². The number of rotatable bonds is 3. The first-order chi connectivity index (χ1) is 11.6. The molecule has 150 valence electrons. The van der Waals surface area contributed by atoms with Crippen molar-refractivity contribution < 1.29 is 53.7 Å². The fraction of sp³-hybridized carbons (Fsp3) is 1.00. The predicted octanol–water partition coefficient (Wildman–Crippen LogP) is 3.91. The molecule has 0 amide bonds. The molecule has 2 saturated carbocycles. The Balaban J connectivity index is 1.60. The molecule has 3 nitrogen and oxygen atoms in total. The molecule has 0 aromatic heterocycles. The van der Waals surface area contributed by atoms with Crippen molar-refractivity contribution in [2.24, 2.45) is 5.92 Å². The molecule has 0 N–H and O–H groups in total. The van der Waals surface area contributed by atoms with E-state index in [9.17, 15) is 39.5 Å². The van der Waals surface area contributed by atoms with Crippen molar-refractivity contribution in [3.05, 3.63) is 0 Å². The van der Waals surface area contributed by atoms with Crippen LogP contribution < -0.4 is 0 Å². The smallest absolute Gasteiger partial charge is 0.366 e. The summed E-state index contributed by atoms with van der Waals surface area (Å²) >= 11 is 0. The van der Waals surface area contributed by atoms with Crippen molar-refractivity contribution >= 4 is 0 Å². The van der Waals surface area contributed by atoms with Gasteiger partial charge in [0.05, 0.1) is 18.3 Å². The van der Waals surface area contributed by atoms with Crippen LogP contribution in [0.3, 0.4) is 0 Å². The summed E-state index contributed by atoms with van der Waals surface area (Å²) in [6, 6.07) is 0. The molecule has 0 aromatic carbocycles. The van der Waals surface area contributed by atoms with Crippen LogP contribution >= 0.6 is 0 Å². The molecule has 4 fully saturated rings. The summed E-state index contributed by atoms with van der Waals surface area (Å²) < 4.78 is 137. The molecule has 0 spiro atoms. The lowest BCUT2D eigenvalue weighted by Gasteiger charge is -2.45. The minimum Gasteiger partial charge on any atom is -0.366 e. The zero-order valence-corrected chi connectivity index (χ0v) is 13.1. The van der Waals surface area contributed by atoms with Crippen molar-refractivity contribution in [2.45, 2.75) is 73.2 Å². The van der Waals surface area contributed by atoms with Gasteiger partial charge in [-0.2, -0.15) is 39.5 Å². The highest BCUT2D eigenvalue weighted by Crippen LogP contribution is 2.77. The predicted molar refractivity (Wildman–Crippen MR) is 64.0 cm³/mol. The quantitative estimate of drug-likeness (QED) is 0.532. The molecule has 0 bridgehead atoms. The standard InChI is InChI=1S/C14H13F9O3/c1-8-3-2-6(4-7(8)25-8)5-24-12(21)10(17,18)9(15,16)11(19,20)13(22)14(12,23)26-13/h6-7H,2-5H2,1H3. The van der Waals surface area contributed by atoms with E-state index in [-0.39, 0.29) is 18.9 Å². The van der Waals surface area contributed by atoms with E-state index in [0.717, 1.165) is 0 Å². The Kier molecular flexibility index (Phi) is 3.19. The van der Waals surface area contributed by atoms with E-state index in [1.54, 1.807) is 6.92 Å². The molecule has 4 rings (SSSR count). The zero-order valence-electron chi connectivity index (χ0n) is 13.1. The first-order valence-corrected chi connectivity index (χ1v) is 7.82. The van der Waals surface area contributed by atoms with Crippen LogP contribution in [0.1, 0.15) is 26.2 Å². The number of hydrogen-bond donors (Lipinski definition) is 0. The summed E-state index contributed by atoms with van der Waals surface area (Å²) in [5.41, 5.74) is -0.414. The monoisotopic (exact) mass is 400 g/mol. The molecular formula is C14H13F9O3. The Morgan fingerprint density at radius 2 is 1.50 bits per heavy atom. The van der Waals surface area contributed by atoms with Gasteiger partial charge in [0.25, 0.3) is 0 Å². The minimum atomic E-state index is -6.58. The van der Waals surface area contributed by atoms with Gasteiger partial charge in [-0.3, -0.25) is 4.74 Å². The maximum absolute atomic E-state index is 14.6. The third kappa shape index (κ3) is 1.70. The maximum Gasteiger partial charge on any atom is 0.384 e. The van der Waals surface area contributed by atoms with E-state index in [1.165, 1.54) is 0 Å². The molecular weight excluding hydrogens is 387 g/mol. The van der Waals surface area contributed by atoms with Gasteiger partial charge in [0.2, 0.25) is 0 Å². The van der Waals surface area contributed by atoms with E-state index >= 15 is 0 Å². The fourth-order valence-corrected chi connectivity index (χ4v) is 3.80. The summed E-state index contributed by atoms with van der Waals surface area (Å²) in [6.07, 6.45) is 0.586. The third-order valence-corrected chi connectivity index (χ3v) is 5.81. The van der Waals surface area contributed by atoms with Crippen molar-refractivity contribution in [3.63, 3.8) is 0 Å². The summed E-state index contributed by atoms with van der Waals surface area (Å²) in [6.45, 7) is 0.754. The average molecular weight is 400 g/mol. The molecule has 2 heterocycles. The SMILES string of the molecule is CC12CCC(COC3(F)C(F)(F)C(F)(F)C(F)(F)C4(F)OC34F)CC1O2. The Labute approximate surface area is 140 Å². The minimum absolute atomic E-state index is 0.186. The highest BCUT2D eigenvalue weighted by molar-refractivity contribution is 5.31. The van der Waals surface area contributed by atoms with Gasteiger partial charge in [0.15, 0.2) is 0 Å². The lowest BCUT2D eigenvalue weighted by Crippen LogP contribution is -2.77. The topological polar surface area (TPSA) is 34.3 Å². The zero-order chi connectivity index (χ0) is 19.6. The number of fused-ring (bicyclic) bond motifs is 2. The third-order valence-electron chi connectivity index (χ3n) is 5.81. The second-order valence-corrected chi connectivity index (χ2v) is 7.48. The molecule has 4 aliphatic rings. The maximum atomic E-state index is 14.6. The highest BCUT2D eigenvalue weighted by Gasteiger charge is 3.10. The molecule has 26 heavy (non-hydrogen) atoms. The summed E-state index contributed by atoms with van der Waals surface area (Å²) in [5.74, 6) is -35.7. The fourth-order valence-electron chi connectivity index (χ4n) is 3.80. The van der Waals surface area contributed by atoms with Gasteiger partial charge < -0.3 is 9.47 Å². The summed E-state index contributed by atoms with van der Waals surface area (Å²) in [4.78, 5) is 0. The van der Waals surface area contributed by atoms with Crippen LogP contribution in [0.15, 0.2) is 0 Å². The van der Waals surface area contributed by atoms with Crippen molar-refractivity contribution in [3.8, 4) is 0 Å². The number of alkyl halides is 9. The molecule has 6 atom stereocenters. The Bertz CT molecular complexity index is 660. The van der Waals surface area contributed by atoms with Crippen LogP contribution in [-0.4, -0.2) is 53.6 Å². The average Bonchev–Trinajstić information content (AvgIpc) is 3.37. The normalized spacial score (nSPS) is 55.6. The summed E-state index contributed by atoms with van der Waals surface area (Å²) in [5, 5.41) is 0. The number of halogens is 9. The van der Waals surface area contributed by atoms with Gasteiger partial charge in [0, 0.05) is 0 Å². The van der Waals surface area contributed by atoms with Gasteiger partial charge in [-0.1, -0.05) is 0 Å². The second kappa shape index (κ2) is 4.45. The van der Waals surface area contributed by atoms with Crippen molar-refractivity contribution in [1.29, 1.82) is 0 Å². The Morgan fingerprint density at radius 3 is 2.08 bits per heavy atom. The van der Waals surface area contributed by atoms with Crippen LogP contribution in [0.25, 0.3) is 0 Å². The lowest BCUT2D eigenvalue weighted by atomic mass is 9.81. The van der Waals surface area contributed by atoms with E-state index in [2.05, 4.69) is 9.47 Å². The van der Waals surface area contributed by atoms with Gasteiger partial charge in [0.1, 0.15) is 0 Å². The van der Waals surface area contributed by atoms with E-state index in [4.69, 9.17) is 4.74 Å². The van der Waals surface area contributed by atoms with E-state index in [0.29, 0.717) is 6.42 Å². The molecule has 2 aliphatic heterocycles. The molecule has 2 aliphatic carbocycles. The number of ether oxygens (including phenoxy) is 3. The first kappa shape index (κ1) is 18.6. The second-order valence-electron chi connectivity index (χ2n) is 7.48. The Morgan fingerprint density at radius 1 is 0.885 bits per heavy atom. The van der Waals surface area contributed by atoms with Crippen LogP contribution in [0, 0.1) is 5.92 Å². The van der Waals surface area contributed by atoms with Crippen LogP contribution in [0.5, 0.6) is 0 Å². The van der Waals surface area contributed by atoms with Gasteiger partial charge in [-0.05, 0) is 32.1 Å². The largest absolute Gasteiger partial charge is 0.384 e. The van der Waals surface area contributed by atoms with Crippen molar-refractivity contribution in [2.75, 3.05) is 6.61 Å².